The molecule has 0 atom stereocenters. The van der Waals surface area contributed by atoms with Gasteiger partial charge in [-0.1, -0.05) is 254 Å². The van der Waals surface area contributed by atoms with E-state index in [0.717, 1.165) is 17.1 Å². The monoisotopic (exact) mass is 1070 g/mol. The van der Waals surface area contributed by atoms with Crippen LogP contribution in [0.15, 0.2) is 224 Å². The molecule has 0 radical (unpaired) electrons. The molecule has 0 unspecified atom stereocenters. The predicted octanol–water partition coefficient (Wildman–Crippen LogP) is 19.4. The Morgan fingerprint density at radius 2 is 0.720 bits per heavy atom. The molecular weight excluding hydrogens is 990 g/mol. The van der Waals surface area contributed by atoms with Crippen molar-refractivity contribution in [1.29, 1.82) is 0 Å². The van der Waals surface area contributed by atoms with Crippen LogP contribution in [-0.4, -0.2) is 6.71 Å². The lowest BCUT2D eigenvalue weighted by atomic mass is 9.33. The first-order chi connectivity index (χ1) is 39.1. The van der Waals surface area contributed by atoms with E-state index in [1.807, 2.05) is 0 Å². The molecule has 4 heteroatoms. The van der Waals surface area contributed by atoms with E-state index in [1.165, 1.54) is 112 Å². The molecule has 0 N–H and O–H groups in total. The van der Waals surface area contributed by atoms with Crippen LogP contribution in [0.2, 0.25) is 0 Å². The molecule has 82 heavy (non-hydrogen) atoms. The first-order valence-corrected chi connectivity index (χ1v) is 29.6. The van der Waals surface area contributed by atoms with Crippen molar-refractivity contribution in [1.82, 2.24) is 0 Å². The van der Waals surface area contributed by atoms with Gasteiger partial charge in [0.25, 0.3) is 6.71 Å². The van der Waals surface area contributed by atoms with Gasteiger partial charge in [0.1, 0.15) is 0 Å². The molecule has 3 heterocycles. The highest BCUT2D eigenvalue weighted by atomic mass is 15.2. The molecule has 10 aromatic rings. The number of para-hydroxylation sites is 2. The van der Waals surface area contributed by atoms with Crippen molar-refractivity contribution < 1.29 is 0 Å². The highest BCUT2D eigenvalue weighted by Crippen LogP contribution is 2.56. The van der Waals surface area contributed by atoms with E-state index >= 15 is 0 Å². The van der Waals surface area contributed by atoms with Crippen molar-refractivity contribution in [2.75, 3.05) is 14.7 Å². The Hall–Kier alpha value is -8.34. The number of rotatable bonds is 7. The van der Waals surface area contributed by atoms with E-state index in [0.29, 0.717) is 0 Å². The van der Waals surface area contributed by atoms with Gasteiger partial charge in [-0.25, -0.2) is 0 Å². The van der Waals surface area contributed by atoms with E-state index in [2.05, 4.69) is 329 Å². The third-order valence-corrected chi connectivity index (χ3v) is 18.4. The molecule has 0 aliphatic carbocycles. The zero-order valence-corrected chi connectivity index (χ0v) is 50.3. The van der Waals surface area contributed by atoms with E-state index < -0.39 is 0 Å². The quantitative estimate of drug-likeness (QED) is 0.147. The van der Waals surface area contributed by atoms with Crippen LogP contribution in [-0.2, 0) is 27.1 Å². The van der Waals surface area contributed by atoms with Crippen molar-refractivity contribution in [2.45, 2.75) is 117 Å². The first kappa shape index (κ1) is 53.0. The summed E-state index contributed by atoms with van der Waals surface area (Å²) in [5.74, 6) is 0. The summed E-state index contributed by atoms with van der Waals surface area (Å²) in [5, 5.41) is 0. The summed E-state index contributed by atoms with van der Waals surface area (Å²) in [6.45, 7) is 30.5. The number of fused-ring (bicyclic) bond motifs is 6. The number of anilines is 9. The Balaban J connectivity index is 1.22. The molecule has 3 nitrogen and oxygen atoms in total. The molecule has 0 saturated carbocycles. The molecule has 0 spiro atoms. The van der Waals surface area contributed by atoms with E-state index in [-0.39, 0.29) is 33.8 Å². The Labute approximate surface area is 489 Å². The van der Waals surface area contributed by atoms with Gasteiger partial charge < -0.3 is 14.7 Å². The van der Waals surface area contributed by atoms with Crippen LogP contribution in [0.1, 0.15) is 129 Å². The standard InChI is InChI=1S/C78H76BN3/c1-74(2,3)54-38-42-65(59(45-54)51-27-17-14-18-28-51)81-69-44-40-56(76(7,8)9)47-64(69)79-63-41-37-57(77(10,11)53-31-21-16-22-32-53)48-70(63)82(66-43-39-55(75(4,5)6)46-60(66)52-29-19-15-20-30-52)72-50-58(49-71(81)73(72)79)80-67-35-25-23-33-61(67)78(12,13)62-34-24-26-36-68(62)80/h14-50H,1-13H3. The van der Waals surface area contributed by atoms with E-state index in [4.69, 9.17) is 0 Å². The summed E-state index contributed by atoms with van der Waals surface area (Å²) in [6, 6.07) is 86.0. The maximum absolute atomic E-state index is 2.68. The second-order valence-corrected chi connectivity index (χ2v) is 27.5. The highest BCUT2D eigenvalue weighted by Gasteiger charge is 2.47. The van der Waals surface area contributed by atoms with E-state index in [1.54, 1.807) is 0 Å². The van der Waals surface area contributed by atoms with Gasteiger partial charge in [-0.15, -0.1) is 0 Å². The minimum Gasteiger partial charge on any atom is -0.311 e. The highest BCUT2D eigenvalue weighted by molar-refractivity contribution is 7.00. The van der Waals surface area contributed by atoms with Gasteiger partial charge in [0.15, 0.2) is 0 Å². The van der Waals surface area contributed by atoms with Gasteiger partial charge >= 0.3 is 0 Å². The topological polar surface area (TPSA) is 9.72 Å². The Bertz CT molecular complexity index is 4060. The van der Waals surface area contributed by atoms with Gasteiger partial charge in [0.2, 0.25) is 0 Å². The first-order valence-electron chi connectivity index (χ1n) is 29.6. The zero-order valence-electron chi connectivity index (χ0n) is 50.3. The summed E-state index contributed by atoms with van der Waals surface area (Å²) in [4.78, 5) is 7.90. The zero-order chi connectivity index (χ0) is 57.3. The largest absolute Gasteiger partial charge is 0.311 e. The second kappa shape index (κ2) is 19.1. The smallest absolute Gasteiger partial charge is 0.252 e. The fourth-order valence-corrected chi connectivity index (χ4v) is 13.5. The molecule has 0 fully saturated rings. The van der Waals surface area contributed by atoms with Gasteiger partial charge in [0, 0.05) is 44.7 Å². The van der Waals surface area contributed by atoms with Crippen LogP contribution >= 0.6 is 0 Å². The molecule has 0 saturated heterocycles. The molecule has 13 rings (SSSR count). The van der Waals surface area contributed by atoms with Crippen molar-refractivity contribution >= 4 is 74.3 Å². The lowest BCUT2D eigenvalue weighted by Gasteiger charge is -2.47. The van der Waals surface area contributed by atoms with Crippen LogP contribution in [0.5, 0.6) is 0 Å². The molecule has 0 aromatic heterocycles. The summed E-state index contributed by atoms with van der Waals surface area (Å²) >= 11 is 0. The number of nitrogens with zero attached hydrogens (tertiary/aromatic N) is 3. The van der Waals surface area contributed by atoms with Gasteiger partial charge in [0.05, 0.1) is 28.4 Å². The molecule has 406 valence electrons. The van der Waals surface area contributed by atoms with Gasteiger partial charge in [-0.2, -0.15) is 0 Å². The number of hydrogen-bond donors (Lipinski definition) is 0. The Kier molecular flexibility index (Phi) is 12.4. The van der Waals surface area contributed by atoms with Gasteiger partial charge in [-0.05, 0) is 143 Å². The Morgan fingerprint density at radius 3 is 1.21 bits per heavy atom. The fourth-order valence-electron chi connectivity index (χ4n) is 13.5. The molecule has 0 bridgehead atoms. The number of benzene rings is 10. The van der Waals surface area contributed by atoms with Crippen LogP contribution in [0.25, 0.3) is 22.3 Å². The Morgan fingerprint density at radius 1 is 0.305 bits per heavy atom. The minimum atomic E-state index is -0.310. The fraction of sp³-hybridized carbons (Fsp3) is 0.231. The van der Waals surface area contributed by atoms with Crippen LogP contribution < -0.4 is 31.1 Å². The summed E-state index contributed by atoms with van der Waals surface area (Å²) in [7, 11) is 0. The third-order valence-electron chi connectivity index (χ3n) is 18.4. The normalized spacial score (nSPS) is 14.4. The number of hydrogen-bond acceptors (Lipinski definition) is 3. The summed E-state index contributed by atoms with van der Waals surface area (Å²) in [6.07, 6.45) is 0. The van der Waals surface area contributed by atoms with E-state index in [9.17, 15) is 0 Å². The molecular formula is C78H76BN3. The minimum absolute atomic E-state index is 0.0758. The third kappa shape index (κ3) is 8.63. The average molecular weight is 1070 g/mol. The van der Waals surface area contributed by atoms with Crippen LogP contribution in [0, 0.1) is 0 Å². The second-order valence-electron chi connectivity index (χ2n) is 27.5. The molecule has 3 aliphatic rings. The average Bonchev–Trinajstić information content (AvgIpc) is 0.957. The lowest BCUT2D eigenvalue weighted by molar-refractivity contribution is 0.590. The van der Waals surface area contributed by atoms with Crippen molar-refractivity contribution in [2.24, 2.45) is 0 Å². The molecule has 0 amide bonds. The summed E-state index contributed by atoms with van der Waals surface area (Å²) < 4.78 is 0. The lowest BCUT2D eigenvalue weighted by Crippen LogP contribution is -2.61. The SMILES string of the molecule is CC(C)(C)c1ccc2c(c1)B1c3ccc(C(C)(C)c4ccccc4)cc3N(c3ccc(C(C)(C)C)cc3-c3ccccc3)c3cc(N4c5ccccc5C(C)(C)c5ccccc54)cc(c31)N2c1ccc(C(C)(C)C)cc1-c1ccccc1. The van der Waals surface area contributed by atoms with Gasteiger partial charge in [-0.3, -0.25) is 0 Å². The van der Waals surface area contributed by atoms with Crippen LogP contribution in [0.4, 0.5) is 51.2 Å². The van der Waals surface area contributed by atoms with Crippen molar-refractivity contribution in [3.63, 3.8) is 0 Å². The summed E-state index contributed by atoms with van der Waals surface area (Å²) in [5.41, 5.74) is 27.5. The molecule has 3 aliphatic heterocycles. The van der Waals surface area contributed by atoms with Crippen LogP contribution in [0.3, 0.4) is 0 Å². The molecule has 10 aromatic carbocycles. The maximum atomic E-state index is 2.68. The predicted molar refractivity (Wildman–Crippen MR) is 353 cm³/mol. The maximum Gasteiger partial charge on any atom is 0.252 e. The van der Waals surface area contributed by atoms with Crippen molar-refractivity contribution in [3.05, 3.63) is 263 Å². The van der Waals surface area contributed by atoms with Crippen molar-refractivity contribution in [3.8, 4) is 22.3 Å².